The Morgan fingerprint density at radius 1 is 0.466 bits per heavy atom. The average molecular weight is 1030 g/mol. The average Bonchev–Trinajstić information content (AvgIpc) is 3.37. The smallest absolute Gasteiger partial charge is 0.335 e. The minimum absolute atomic E-state index is 0.0607. The number of aliphatic hydroxyl groups is 2. The summed E-state index contributed by atoms with van der Waals surface area (Å²) in [7, 11) is 0. The van der Waals surface area contributed by atoms with Crippen molar-refractivity contribution in [2.75, 3.05) is 13.2 Å². The molecule has 0 aliphatic carbocycles. The predicted molar refractivity (Wildman–Crippen MR) is 294 cm³/mol. The van der Waals surface area contributed by atoms with E-state index in [9.17, 15) is 34.5 Å². The Morgan fingerprint density at radius 3 is 1.37 bits per heavy atom. The zero-order valence-electron chi connectivity index (χ0n) is 46.1. The van der Waals surface area contributed by atoms with Crippen molar-refractivity contribution in [2.24, 2.45) is 0 Å². The fraction of sp³-hybridized carbons (Fsp3) is 0.770. The number of ether oxygens (including phenoxy) is 5. The van der Waals surface area contributed by atoms with Gasteiger partial charge in [0.05, 0.1) is 6.61 Å². The minimum atomic E-state index is -1.93. The lowest BCUT2D eigenvalue weighted by molar-refractivity contribution is -0.301. The molecule has 0 aromatic carbocycles. The van der Waals surface area contributed by atoms with Crippen LogP contribution in [0.2, 0.25) is 0 Å². The van der Waals surface area contributed by atoms with Gasteiger partial charge in [0, 0.05) is 19.3 Å². The predicted octanol–water partition coefficient (Wildman–Crippen LogP) is 14.8. The number of carboxylic acid groups (broad SMARTS) is 1. The van der Waals surface area contributed by atoms with Crippen LogP contribution >= 0.6 is 0 Å². The summed E-state index contributed by atoms with van der Waals surface area (Å²) in [6.45, 7) is 5.84. The second kappa shape index (κ2) is 49.3. The number of rotatable bonds is 49. The van der Waals surface area contributed by atoms with Crippen molar-refractivity contribution in [3.8, 4) is 0 Å². The third-order valence-corrected chi connectivity index (χ3v) is 13.1. The van der Waals surface area contributed by atoms with Gasteiger partial charge in [-0.05, 0) is 70.6 Å². The van der Waals surface area contributed by atoms with Gasteiger partial charge in [-0.1, -0.05) is 223 Å². The molecule has 1 aliphatic heterocycles. The molecule has 0 radical (unpaired) electrons. The lowest BCUT2D eigenvalue weighted by Crippen LogP contribution is -2.61. The summed E-state index contributed by atoms with van der Waals surface area (Å²) in [6, 6.07) is 0. The maximum absolute atomic E-state index is 13.1. The van der Waals surface area contributed by atoms with Crippen molar-refractivity contribution in [1.82, 2.24) is 0 Å². The summed E-state index contributed by atoms with van der Waals surface area (Å²) < 4.78 is 28.3. The summed E-state index contributed by atoms with van der Waals surface area (Å²) in [5.41, 5.74) is 0. The van der Waals surface area contributed by atoms with Crippen molar-refractivity contribution in [3.05, 3.63) is 60.8 Å². The maximum atomic E-state index is 13.1. The van der Waals surface area contributed by atoms with Crippen LogP contribution in [0.5, 0.6) is 0 Å². The van der Waals surface area contributed by atoms with Crippen LogP contribution in [0, 0.1) is 0 Å². The Bertz CT molecular complexity index is 1500. The summed E-state index contributed by atoms with van der Waals surface area (Å²) >= 11 is 0. The molecule has 0 aromatic rings. The monoisotopic (exact) mass is 1030 g/mol. The molecular weight excluding hydrogens is 925 g/mol. The number of hydrogen-bond donors (Lipinski definition) is 3. The molecule has 12 heteroatoms. The molecule has 6 atom stereocenters. The number of carbonyl (C=O) groups excluding carboxylic acids is 3. The number of aliphatic hydroxyl groups excluding tert-OH is 2. The SMILES string of the molecule is CC/C=C\C/C=C\C/C=C\C/C=C\CCC(=O)OC1C(OCC(COC(=O)CCCCCCC/C=C\CCCCCCCC)OC(=O)CCCCCCCCCCCCCCCCC)OC(C(=O)O)C(O)C1O. The van der Waals surface area contributed by atoms with Gasteiger partial charge >= 0.3 is 23.9 Å². The highest BCUT2D eigenvalue weighted by Crippen LogP contribution is 2.26. The first-order valence-electron chi connectivity index (χ1n) is 29.3. The Balaban J connectivity index is 2.73. The molecule has 0 amide bonds. The topological polar surface area (TPSA) is 175 Å². The number of allylic oxidation sites excluding steroid dienone is 10. The number of carbonyl (C=O) groups is 4. The van der Waals surface area contributed by atoms with Crippen molar-refractivity contribution < 1.29 is 58.2 Å². The first kappa shape index (κ1) is 67.4. The fourth-order valence-electron chi connectivity index (χ4n) is 8.61. The molecule has 0 bridgehead atoms. The molecule has 3 N–H and O–H groups in total. The van der Waals surface area contributed by atoms with E-state index in [4.69, 9.17) is 23.7 Å². The van der Waals surface area contributed by atoms with E-state index < -0.39 is 67.3 Å². The first-order chi connectivity index (χ1) is 35.6. The van der Waals surface area contributed by atoms with Gasteiger partial charge in [-0.3, -0.25) is 14.4 Å². The molecule has 6 unspecified atom stereocenters. The van der Waals surface area contributed by atoms with Gasteiger partial charge in [0.2, 0.25) is 0 Å². The highest BCUT2D eigenvalue weighted by Gasteiger charge is 2.50. The largest absolute Gasteiger partial charge is 0.479 e. The van der Waals surface area contributed by atoms with Gasteiger partial charge in [-0.15, -0.1) is 0 Å². The van der Waals surface area contributed by atoms with Crippen LogP contribution in [0.25, 0.3) is 0 Å². The minimum Gasteiger partial charge on any atom is -0.479 e. The van der Waals surface area contributed by atoms with E-state index in [0.29, 0.717) is 25.7 Å². The van der Waals surface area contributed by atoms with Crippen LogP contribution in [-0.2, 0) is 42.9 Å². The normalized spacial score (nSPS) is 18.7. The highest BCUT2D eigenvalue weighted by molar-refractivity contribution is 5.74. The lowest BCUT2D eigenvalue weighted by Gasteiger charge is -2.40. The van der Waals surface area contributed by atoms with Gasteiger partial charge in [0.15, 0.2) is 24.6 Å². The lowest BCUT2D eigenvalue weighted by atomic mass is 9.98. The highest BCUT2D eigenvalue weighted by atomic mass is 16.7. The van der Waals surface area contributed by atoms with Crippen LogP contribution in [-0.4, -0.2) is 89.2 Å². The molecule has 12 nitrogen and oxygen atoms in total. The van der Waals surface area contributed by atoms with Gasteiger partial charge in [0.1, 0.15) is 18.8 Å². The Kier molecular flexibility index (Phi) is 45.5. The third-order valence-electron chi connectivity index (χ3n) is 13.1. The van der Waals surface area contributed by atoms with Gasteiger partial charge < -0.3 is 39.0 Å². The van der Waals surface area contributed by atoms with E-state index in [1.54, 1.807) is 0 Å². The Morgan fingerprint density at radius 2 is 0.890 bits per heavy atom. The van der Waals surface area contributed by atoms with Crippen molar-refractivity contribution in [1.29, 1.82) is 0 Å². The van der Waals surface area contributed by atoms with Crippen LogP contribution in [0.15, 0.2) is 60.8 Å². The standard InChI is InChI=1S/C61H104O12/c1-4-7-10-13-16-19-22-25-27-30-32-35-38-41-44-47-53(62)69-50-52(71-54(63)48-45-42-39-36-34-31-28-26-23-20-17-14-11-8-5-2)51-70-61-59(57(66)56(65)58(73-61)60(67)68)72-55(64)49-46-43-40-37-33-29-24-21-18-15-12-9-6-3/h9,12,18,21,25,27,29,33,40,43,52,56-59,61,65-66H,4-8,10-11,13-17,19-20,22-24,26,28,30-32,34-39,41-42,44-51H2,1-3H3,(H,67,68)/b12-9-,21-18-,27-25-,33-29-,43-40-. The Hall–Kier alpha value is -3.58. The molecule has 0 saturated carbocycles. The van der Waals surface area contributed by atoms with E-state index in [1.807, 2.05) is 18.2 Å². The molecule has 1 saturated heterocycles. The van der Waals surface area contributed by atoms with Gasteiger partial charge in [-0.25, -0.2) is 4.79 Å². The molecule has 1 heterocycles. The van der Waals surface area contributed by atoms with E-state index >= 15 is 0 Å². The van der Waals surface area contributed by atoms with Crippen LogP contribution < -0.4 is 0 Å². The summed E-state index contributed by atoms with van der Waals surface area (Å²) in [4.78, 5) is 51.0. The zero-order chi connectivity index (χ0) is 53.3. The Labute approximate surface area is 443 Å². The number of hydrogen-bond acceptors (Lipinski definition) is 11. The molecule has 0 aromatic heterocycles. The molecule has 73 heavy (non-hydrogen) atoms. The van der Waals surface area contributed by atoms with Crippen LogP contribution in [0.3, 0.4) is 0 Å². The second-order valence-electron chi connectivity index (χ2n) is 19.9. The van der Waals surface area contributed by atoms with E-state index in [1.165, 1.54) is 109 Å². The van der Waals surface area contributed by atoms with E-state index in [-0.39, 0.29) is 25.9 Å². The zero-order valence-corrected chi connectivity index (χ0v) is 46.1. The number of unbranched alkanes of at least 4 members (excludes halogenated alkanes) is 25. The molecule has 1 rings (SSSR count). The number of aliphatic carboxylic acids is 1. The molecule has 0 spiro atoms. The van der Waals surface area contributed by atoms with Crippen molar-refractivity contribution in [3.63, 3.8) is 0 Å². The van der Waals surface area contributed by atoms with E-state index in [0.717, 1.165) is 77.0 Å². The van der Waals surface area contributed by atoms with E-state index in [2.05, 4.69) is 63.3 Å². The van der Waals surface area contributed by atoms with Crippen molar-refractivity contribution >= 4 is 23.9 Å². The quantitative estimate of drug-likeness (QED) is 0.0228. The number of carboxylic acids is 1. The van der Waals surface area contributed by atoms with Gasteiger partial charge in [-0.2, -0.15) is 0 Å². The molecule has 420 valence electrons. The number of esters is 3. The first-order valence-corrected chi connectivity index (χ1v) is 29.3. The molecular formula is C61H104O12. The van der Waals surface area contributed by atoms with Crippen molar-refractivity contribution in [2.45, 2.75) is 289 Å². The van der Waals surface area contributed by atoms with Gasteiger partial charge in [0.25, 0.3) is 0 Å². The van der Waals surface area contributed by atoms with Crippen LogP contribution in [0.1, 0.15) is 252 Å². The summed E-state index contributed by atoms with van der Waals surface area (Å²) in [5, 5.41) is 31.4. The third kappa shape index (κ3) is 39.5. The maximum Gasteiger partial charge on any atom is 0.335 e. The molecule has 1 fully saturated rings. The van der Waals surface area contributed by atoms with Crippen LogP contribution in [0.4, 0.5) is 0 Å². The summed E-state index contributed by atoms with van der Waals surface area (Å²) in [5.74, 6) is -3.22. The second-order valence-corrected chi connectivity index (χ2v) is 19.9. The summed E-state index contributed by atoms with van der Waals surface area (Å²) in [6.07, 6.45) is 47.8. The molecule has 1 aliphatic rings. The fourth-order valence-corrected chi connectivity index (χ4v) is 8.61.